The molecular weight excluding hydrogens is 322 g/mol. The molecule has 2 saturated heterocycles. The van der Waals surface area contributed by atoms with Crippen molar-refractivity contribution in [2.24, 2.45) is 5.92 Å². The van der Waals surface area contributed by atoms with Gasteiger partial charge in [-0.15, -0.1) is 11.3 Å². The Labute approximate surface area is 147 Å². The highest BCUT2D eigenvalue weighted by atomic mass is 32.1. The van der Waals surface area contributed by atoms with Gasteiger partial charge in [-0.1, -0.05) is 18.9 Å². The summed E-state index contributed by atoms with van der Waals surface area (Å²) >= 11 is 1.48. The smallest absolute Gasteiger partial charge is 0.264 e. The van der Waals surface area contributed by atoms with Crippen LogP contribution in [0.3, 0.4) is 0 Å². The maximum Gasteiger partial charge on any atom is 0.264 e. The van der Waals surface area contributed by atoms with Crippen LogP contribution in [0.5, 0.6) is 0 Å². The van der Waals surface area contributed by atoms with Gasteiger partial charge in [-0.05, 0) is 36.6 Å². The number of thiophene rings is 1. The minimum Gasteiger partial charge on any atom is -0.338 e. The van der Waals surface area contributed by atoms with Crippen molar-refractivity contribution in [2.45, 2.75) is 44.2 Å². The second kappa shape index (κ2) is 6.84. The molecule has 3 heterocycles. The second-order valence-corrected chi connectivity index (χ2v) is 8.15. The zero-order chi connectivity index (χ0) is 16.5. The molecule has 1 N–H and O–H groups in total. The minimum absolute atomic E-state index is 0.00218. The first kappa shape index (κ1) is 16.1. The van der Waals surface area contributed by atoms with Crippen LogP contribution in [0.25, 0.3) is 0 Å². The predicted octanol–water partition coefficient (Wildman–Crippen LogP) is 1.95. The van der Waals surface area contributed by atoms with E-state index in [-0.39, 0.29) is 17.9 Å². The normalized spacial score (nSPS) is 30.2. The van der Waals surface area contributed by atoms with E-state index in [1.54, 1.807) is 0 Å². The van der Waals surface area contributed by atoms with Gasteiger partial charge in [-0.25, -0.2) is 0 Å². The molecule has 0 aromatic carbocycles. The van der Waals surface area contributed by atoms with Crippen LogP contribution in [0.2, 0.25) is 0 Å². The molecule has 3 unspecified atom stereocenters. The molecule has 1 saturated carbocycles. The topological polar surface area (TPSA) is 52.7 Å². The minimum atomic E-state index is -0.00218. The number of fused-ring (bicyclic) bond motifs is 1. The van der Waals surface area contributed by atoms with Crippen molar-refractivity contribution in [2.75, 3.05) is 26.2 Å². The lowest BCUT2D eigenvalue weighted by Crippen LogP contribution is -2.54. The van der Waals surface area contributed by atoms with Gasteiger partial charge in [0.05, 0.1) is 10.9 Å². The summed E-state index contributed by atoms with van der Waals surface area (Å²) in [6.45, 7) is 2.59. The first-order chi connectivity index (χ1) is 11.7. The quantitative estimate of drug-likeness (QED) is 0.890. The monoisotopic (exact) mass is 347 g/mol. The molecule has 1 aromatic rings. The Hall–Kier alpha value is -1.40. The maximum absolute atomic E-state index is 12.8. The Kier molecular flexibility index (Phi) is 4.59. The van der Waals surface area contributed by atoms with Crippen molar-refractivity contribution in [3.8, 4) is 0 Å². The van der Waals surface area contributed by atoms with Crippen molar-refractivity contribution in [3.05, 3.63) is 22.4 Å². The number of hydrogen-bond acceptors (Lipinski definition) is 4. The maximum atomic E-state index is 12.8. The molecule has 24 heavy (non-hydrogen) atoms. The third-order valence-corrected chi connectivity index (χ3v) is 6.63. The summed E-state index contributed by atoms with van der Waals surface area (Å²) < 4.78 is 0. The van der Waals surface area contributed by atoms with Crippen molar-refractivity contribution < 1.29 is 9.59 Å². The Morgan fingerprint density at radius 3 is 2.54 bits per heavy atom. The fourth-order valence-corrected chi connectivity index (χ4v) is 5.11. The number of nitrogens with zero attached hydrogens (tertiary/aromatic N) is 2. The molecule has 130 valence electrons. The van der Waals surface area contributed by atoms with Crippen molar-refractivity contribution >= 4 is 23.2 Å². The predicted molar refractivity (Wildman–Crippen MR) is 94.1 cm³/mol. The standard InChI is InChI=1S/C18H25N3O2S/c22-17(15-12-13-4-1-2-5-14(13)19-15)20-7-9-21(10-8-20)18(23)16-6-3-11-24-16/h3,6,11,13-15,19H,1-2,4-5,7-10,12H2. The van der Waals surface area contributed by atoms with E-state index in [9.17, 15) is 9.59 Å². The molecule has 2 aliphatic heterocycles. The first-order valence-electron chi connectivity index (χ1n) is 9.10. The number of carbonyl (C=O) groups is 2. The fourth-order valence-electron chi connectivity index (χ4n) is 4.42. The number of nitrogens with one attached hydrogen (secondary N) is 1. The number of rotatable bonds is 2. The molecule has 2 amide bonds. The van der Waals surface area contributed by atoms with Crippen LogP contribution in [-0.2, 0) is 4.79 Å². The molecule has 4 rings (SSSR count). The highest BCUT2D eigenvalue weighted by Gasteiger charge is 2.40. The molecule has 1 aliphatic carbocycles. The summed E-state index contributed by atoms with van der Waals surface area (Å²) in [4.78, 5) is 29.8. The van der Waals surface area contributed by atoms with E-state index in [1.165, 1.54) is 37.0 Å². The van der Waals surface area contributed by atoms with Crippen LogP contribution in [0.15, 0.2) is 17.5 Å². The van der Waals surface area contributed by atoms with Crippen LogP contribution >= 0.6 is 11.3 Å². The summed E-state index contributed by atoms with van der Waals surface area (Å²) in [7, 11) is 0. The van der Waals surface area contributed by atoms with Crippen LogP contribution in [0.1, 0.15) is 41.8 Å². The largest absolute Gasteiger partial charge is 0.338 e. The van der Waals surface area contributed by atoms with Crippen LogP contribution in [0.4, 0.5) is 0 Å². The molecule has 0 spiro atoms. The number of carbonyl (C=O) groups excluding carboxylic acids is 2. The van der Waals surface area contributed by atoms with Crippen LogP contribution < -0.4 is 5.32 Å². The Morgan fingerprint density at radius 1 is 1.08 bits per heavy atom. The highest BCUT2D eigenvalue weighted by molar-refractivity contribution is 7.12. The molecule has 0 bridgehead atoms. The third-order valence-electron chi connectivity index (χ3n) is 5.77. The fraction of sp³-hybridized carbons (Fsp3) is 0.667. The lowest BCUT2D eigenvalue weighted by Gasteiger charge is -2.35. The summed E-state index contributed by atoms with van der Waals surface area (Å²) in [6, 6.07) is 4.32. The molecule has 6 heteroatoms. The van der Waals surface area contributed by atoms with E-state index in [1.807, 2.05) is 27.3 Å². The molecule has 0 radical (unpaired) electrons. The second-order valence-electron chi connectivity index (χ2n) is 7.20. The van der Waals surface area contributed by atoms with Gasteiger partial charge in [0.2, 0.25) is 5.91 Å². The van der Waals surface area contributed by atoms with E-state index in [0.717, 1.165) is 11.3 Å². The molecule has 3 fully saturated rings. The zero-order valence-electron chi connectivity index (χ0n) is 13.9. The van der Waals surface area contributed by atoms with Crippen molar-refractivity contribution in [3.63, 3.8) is 0 Å². The highest BCUT2D eigenvalue weighted by Crippen LogP contribution is 2.33. The zero-order valence-corrected chi connectivity index (χ0v) is 14.8. The summed E-state index contributed by atoms with van der Waals surface area (Å²) in [5.74, 6) is 1.03. The molecule has 5 nitrogen and oxygen atoms in total. The van der Waals surface area contributed by atoms with Crippen molar-refractivity contribution in [1.29, 1.82) is 0 Å². The van der Waals surface area contributed by atoms with Crippen LogP contribution in [0, 0.1) is 5.92 Å². The SMILES string of the molecule is O=C(c1cccs1)N1CCN(C(=O)C2CC3CCCCC3N2)CC1. The van der Waals surface area contributed by atoms with Gasteiger partial charge >= 0.3 is 0 Å². The van der Waals surface area contributed by atoms with Crippen molar-refractivity contribution in [1.82, 2.24) is 15.1 Å². The Balaban J connectivity index is 1.31. The van der Waals surface area contributed by atoms with Gasteiger partial charge in [0.1, 0.15) is 0 Å². The molecule has 3 aliphatic rings. The Morgan fingerprint density at radius 2 is 1.83 bits per heavy atom. The summed E-state index contributed by atoms with van der Waals surface area (Å²) in [6.07, 6.45) is 6.09. The summed E-state index contributed by atoms with van der Waals surface area (Å²) in [5, 5.41) is 5.51. The lowest BCUT2D eigenvalue weighted by atomic mass is 9.85. The van der Waals surface area contributed by atoms with Gasteiger partial charge in [0, 0.05) is 32.2 Å². The lowest BCUT2D eigenvalue weighted by molar-refractivity contribution is -0.134. The first-order valence-corrected chi connectivity index (χ1v) is 9.98. The molecule has 3 atom stereocenters. The number of amides is 2. The van der Waals surface area contributed by atoms with E-state index in [0.29, 0.717) is 38.1 Å². The van der Waals surface area contributed by atoms with E-state index >= 15 is 0 Å². The third kappa shape index (κ3) is 3.09. The average Bonchev–Trinajstić information content (AvgIpc) is 3.30. The molecular formula is C18H25N3O2S. The van der Waals surface area contributed by atoms with E-state index in [2.05, 4.69) is 5.32 Å². The van der Waals surface area contributed by atoms with Gasteiger partial charge < -0.3 is 15.1 Å². The van der Waals surface area contributed by atoms with Gasteiger partial charge in [-0.2, -0.15) is 0 Å². The van der Waals surface area contributed by atoms with Gasteiger partial charge in [0.15, 0.2) is 0 Å². The number of hydrogen-bond donors (Lipinski definition) is 1. The van der Waals surface area contributed by atoms with E-state index < -0.39 is 0 Å². The molecule has 1 aromatic heterocycles. The van der Waals surface area contributed by atoms with Gasteiger partial charge in [-0.3, -0.25) is 9.59 Å². The van der Waals surface area contributed by atoms with E-state index in [4.69, 9.17) is 0 Å². The average molecular weight is 347 g/mol. The Bertz CT molecular complexity index is 581. The van der Waals surface area contributed by atoms with Gasteiger partial charge in [0.25, 0.3) is 5.91 Å². The number of piperazine rings is 1. The van der Waals surface area contributed by atoms with Crippen LogP contribution in [-0.4, -0.2) is 59.9 Å². The summed E-state index contributed by atoms with van der Waals surface area (Å²) in [5.41, 5.74) is 0.